The molecule has 22 heavy (non-hydrogen) atoms. The highest BCUT2D eigenvalue weighted by atomic mass is 32.2. The molecule has 0 aliphatic carbocycles. The van der Waals surface area contributed by atoms with Crippen LogP contribution in [0.1, 0.15) is 39.3 Å². The lowest BCUT2D eigenvalue weighted by atomic mass is 10.1. The molecule has 1 aliphatic rings. The van der Waals surface area contributed by atoms with Crippen molar-refractivity contribution in [1.29, 1.82) is 0 Å². The van der Waals surface area contributed by atoms with Gasteiger partial charge in [0, 0.05) is 18.3 Å². The van der Waals surface area contributed by atoms with Crippen molar-refractivity contribution >= 4 is 16.9 Å². The minimum atomic E-state index is -1.18. The van der Waals surface area contributed by atoms with E-state index in [0.29, 0.717) is 31.0 Å². The molecule has 6 nitrogen and oxygen atoms in total. The molecular weight excluding hydrogens is 302 g/mol. The van der Waals surface area contributed by atoms with Crippen molar-refractivity contribution < 1.29 is 13.7 Å². The summed E-state index contributed by atoms with van der Waals surface area (Å²) in [5.41, 5.74) is 0.314. The monoisotopic (exact) mass is 325 g/mol. The van der Waals surface area contributed by atoms with Crippen LogP contribution in [0.3, 0.4) is 0 Å². The Balaban J connectivity index is 1.90. The van der Waals surface area contributed by atoms with Crippen LogP contribution < -0.4 is 0 Å². The Morgan fingerprint density at radius 2 is 1.91 bits per heavy atom. The second-order valence-electron chi connectivity index (χ2n) is 6.48. The number of rotatable bonds is 2. The number of nitrogens with zero attached hydrogens (tertiary/aromatic N) is 3. The first-order valence-electron chi connectivity index (χ1n) is 7.45. The first-order valence-corrected chi connectivity index (χ1v) is 8.66. The fraction of sp³-hybridized carbons (Fsp3) is 0.667. The first-order chi connectivity index (χ1) is 10.3. The Kier molecular flexibility index (Phi) is 5.16. The van der Waals surface area contributed by atoms with Gasteiger partial charge in [-0.1, -0.05) is 0 Å². The van der Waals surface area contributed by atoms with E-state index in [-0.39, 0.29) is 11.3 Å². The molecule has 1 amide bonds. The summed E-state index contributed by atoms with van der Waals surface area (Å²) in [4.78, 5) is 13.7. The zero-order valence-corrected chi connectivity index (χ0v) is 14.4. The third-order valence-electron chi connectivity index (χ3n) is 3.38. The van der Waals surface area contributed by atoms with Gasteiger partial charge in [0.15, 0.2) is 0 Å². The van der Waals surface area contributed by atoms with Crippen molar-refractivity contribution in [1.82, 2.24) is 15.1 Å². The van der Waals surface area contributed by atoms with Gasteiger partial charge in [0.25, 0.3) is 0 Å². The smallest absolute Gasteiger partial charge is 0.410 e. The quantitative estimate of drug-likeness (QED) is 0.834. The van der Waals surface area contributed by atoms with Gasteiger partial charge < -0.3 is 9.64 Å². The maximum Gasteiger partial charge on any atom is 0.410 e. The molecule has 0 saturated carbocycles. The average molecular weight is 325 g/mol. The van der Waals surface area contributed by atoms with E-state index in [9.17, 15) is 9.00 Å². The average Bonchev–Trinajstić information content (AvgIpc) is 2.46. The van der Waals surface area contributed by atoms with Crippen molar-refractivity contribution in [3.05, 3.63) is 17.8 Å². The molecule has 7 heteroatoms. The predicted molar refractivity (Wildman–Crippen MR) is 84.0 cm³/mol. The minimum Gasteiger partial charge on any atom is -0.444 e. The highest BCUT2D eigenvalue weighted by Gasteiger charge is 2.30. The van der Waals surface area contributed by atoms with E-state index in [0.717, 1.165) is 5.69 Å². The number of aryl methyl sites for hydroxylation is 1. The molecule has 0 aromatic carbocycles. The van der Waals surface area contributed by atoms with Gasteiger partial charge in [0.2, 0.25) is 0 Å². The molecule has 0 spiro atoms. The summed E-state index contributed by atoms with van der Waals surface area (Å²) >= 11 is 0. The lowest BCUT2D eigenvalue weighted by Crippen LogP contribution is -2.43. The number of hydrogen-bond donors (Lipinski definition) is 0. The van der Waals surface area contributed by atoms with E-state index in [2.05, 4.69) is 10.2 Å². The summed E-state index contributed by atoms with van der Waals surface area (Å²) in [5.74, 6) is 0. The molecular formula is C15H23N3O3S. The van der Waals surface area contributed by atoms with Crippen molar-refractivity contribution in [3.63, 3.8) is 0 Å². The summed E-state index contributed by atoms with van der Waals surface area (Å²) < 4.78 is 17.8. The topological polar surface area (TPSA) is 72.4 Å². The molecule has 122 valence electrons. The van der Waals surface area contributed by atoms with Gasteiger partial charge in [-0.05, 0) is 52.7 Å². The second kappa shape index (κ2) is 6.73. The molecule has 0 unspecified atom stereocenters. The summed E-state index contributed by atoms with van der Waals surface area (Å²) in [6, 6.07) is 3.58. The number of carbonyl (C=O) groups is 1. The van der Waals surface area contributed by atoms with E-state index in [1.54, 1.807) is 11.0 Å². The van der Waals surface area contributed by atoms with Crippen LogP contribution >= 0.6 is 0 Å². The van der Waals surface area contributed by atoms with Crippen LogP contribution in [0.5, 0.6) is 0 Å². The summed E-state index contributed by atoms with van der Waals surface area (Å²) in [7, 11) is -1.18. The van der Waals surface area contributed by atoms with E-state index in [4.69, 9.17) is 4.74 Å². The lowest BCUT2D eigenvalue weighted by molar-refractivity contribution is 0.0218. The Bertz CT molecular complexity index is 546. The van der Waals surface area contributed by atoms with Gasteiger partial charge in [-0.2, -0.15) is 5.10 Å². The molecule has 2 heterocycles. The van der Waals surface area contributed by atoms with E-state index in [1.807, 2.05) is 33.8 Å². The summed E-state index contributed by atoms with van der Waals surface area (Å²) in [5, 5.41) is 8.48. The molecule has 1 fully saturated rings. The first kappa shape index (κ1) is 16.9. The molecule has 1 saturated heterocycles. The van der Waals surface area contributed by atoms with Gasteiger partial charge in [0.1, 0.15) is 10.6 Å². The fourth-order valence-electron chi connectivity index (χ4n) is 2.24. The van der Waals surface area contributed by atoms with Crippen LogP contribution in [0.15, 0.2) is 17.2 Å². The predicted octanol–water partition coefficient (Wildman–Crippen LogP) is 2.29. The van der Waals surface area contributed by atoms with Gasteiger partial charge in [-0.15, -0.1) is 5.10 Å². The molecule has 1 aromatic rings. The highest BCUT2D eigenvalue weighted by Crippen LogP contribution is 2.21. The van der Waals surface area contributed by atoms with Crippen LogP contribution in [0.4, 0.5) is 4.79 Å². The van der Waals surface area contributed by atoms with E-state index >= 15 is 0 Å². The Morgan fingerprint density at radius 1 is 1.27 bits per heavy atom. The van der Waals surface area contributed by atoms with E-state index in [1.165, 1.54) is 0 Å². The van der Waals surface area contributed by atoms with Crippen molar-refractivity contribution in [2.24, 2.45) is 0 Å². The number of aromatic nitrogens is 2. The molecule has 0 radical (unpaired) electrons. The van der Waals surface area contributed by atoms with Crippen molar-refractivity contribution in [2.75, 3.05) is 13.1 Å². The maximum absolute atomic E-state index is 12.5. The Labute approximate surface area is 133 Å². The molecule has 1 aromatic heterocycles. The Morgan fingerprint density at radius 3 is 2.41 bits per heavy atom. The standard InChI is InChI=1S/C15H23N3O3S/c1-11-5-6-13(17-16-11)22(20)12-7-9-18(10-8-12)14(19)21-15(2,3)4/h5-6,12H,7-10H2,1-4H3/t22-/m0/s1. The number of amides is 1. The third kappa shape index (κ3) is 4.50. The summed E-state index contributed by atoms with van der Waals surface area (Å²) in [6.07, 6.45) is 1.06. The number of ether oxygens (including phenoxy) is 1. The van der Waals surface area contributed by atoms with Crippen LogP contribution in [0.2, 0.25) is 0 Å². The van der Waals surface area contributed by atoms with Crippen LogP contribution in [-0.2, 0) is 15.5 Å². The summed E-state index contributed by atoms with van der Waals surface area (Å²) in [6.45, 7) is 8.52. The number of hydrogen-bond acceptors (Lipinski definition) is 5. The number of likely N-dealkylation sites (tertiary alicyclic amines) is 1. The van der Waals surface area contributed by atoms with Crippen molar-refractivity contribution in [3.8, 4) is 0 Å². The van der Waals surface area contributed by atoms with Crippen molar-refractivity contribution in [2.45, 2.75) is 56.4 Å². The third-order valence-corrected chi connectivity index (χ3v) is 5.08. The zero-order valence-electron chi connectivity index (χ0n) is 13.5. The molecule has 0 bridgehead atoms. The van der Waals surface area contributed by atoms with Gasteiger partial charge in [-0.3, -0.25) is 4.21 Å². The van der Waals surface area contributed by atoms with Crippen LogP contribution in [0.25, 0.3) is 0 Å². The zero-order chi connectivity index (χ0) is 16.3. The second-order valence-corrected chi connectivity index (χ2v) is 8.16. The highest BCUT2D eigenvalue weighted by molar-refractivity contribution is 7.85. The molecule has 1 atom stereocenters. The Hall–Kier alpha value is -1.50. The molecule has 2 rings (SSSR count). The molecule has 0 N–H and O–H groups in total. The lowest BCUT2D eigenvalue weighted by Gasteiger charge is -2.32. The normalized spacial score (nSPS) is 18.1. The largest absolute Gasteiger partial charge is 0.444 e. The fourth-order valence-corrected chi connectivity index (χ4v) is 3.55. The number of carbonyl (C=O) groups excluding carboxylic acids is 1. The minimum absolute atomic E-state index is 0.00990. The van der Waals surface area contributed by atoms with E-state index < -0.39 is 16.4 Å². The van der Waals surface area contributed by atoms with Crippen LogP contribution in [0, 0.1) is 6.92 Å². The van der Waals surface area contributed by atoms with Gasteiger partial charge >= 0.3 is 6.09 Å². The SMILES string of the molecule is Cc1ccc([S@@](=O)C2CCN(C(=O)OC(C)(C)C)CC2)nn1. The van der Waals surface area contributed by atoms with Crippen LogP contribution in [-0.4, -0.2) is 49.3 Å². The molecule has 1 aliphatic heterocycles. The number of piperidine rings is 1. The maximum atomic E-state index is 12.5. The van der Waals surface area contributed by atoms with Gasteiger partial charge in [-0.25, -0.2) is 4.79 Å². The van der Waals surface area contributed by atoms with Gasteiger partial charge in [0.05, 0.1) is 16.5 Å².